The number of hydrogen-bond donors (Lipinski definition) is 1. The van der Waals surface area contributed by atoms with Crippen LogP contribution in [0.5, 0.6) is 5.75 Å². The zero-order valence-corrected chi connectivity index (χ0v) is 15.0. The quantitative estimate of drug-likeness (QED) is 0.427. The Morgan fingerprint density at radius 1 is 1.07 bits per heavy atom. The smallest absolute Gasteiger partial charge is 0.354 e. The molecule has 4 aromatic rings. The number of benzene rings is 2. The molecule has 0 aliphatic rings. The molecule has 6 heteroatoms. The van der Waals surface area contributed by atoms with E-state index in [0.29, 0.717) is 10.9 Å². The van der Waals surface area contributed by atoms with Gasteiger partial charge in [-0.15, -0.1) is 6.58 Å². The Labute approximate surface area is 158 Å². The van der Waals surface area contributed by atoms with Crippen LogP contribution in [0, 0.1) is 0 Å². The molecule has 0 amide bonds. The van der Waals surface area contributed by atoms with E-state index in [9.17, 15) is 14.7 Å². The third kappa shape index (κ3) is 2.84. The van der Waals surface area contributed by atoms with Crippen LogP contribution in [0.1, 0.15) is 0 Å². The zero-order chi connectivity index (χ0) is 19.0. The Balaban J connectivity index is 2.09. The van der Waals surface area contributed by atoms with Gasteiger partial charge in [-0.1, -0.05) is 48.2 Å². The van der Waals surface area contributed by atoms with Crippen molar-refractivity contribution in [3.63, 3.8) is 0 Å². The van der Waals surface area contributed by atoms with Crippen LogP contribution >= 0.6 is 11.8 Å². The number of allylic oxidation sites excluding steroid dienone is 1. The SMILES string of the molecule is C=CCn1c(=O)c2c(O)c(Sc3ccccc3)c(=O)oc2c2ccccc21. The van der Waals surface area contributed by atoms with Crippen molar-refractivity contribution in [3.05, 3.63) is 88.0 Å². The van der Waals surface area contributed by atoms with Crippen LogP contribution in [-0.2, 0) is 6.54 Å². The summed E-state index contributed by atoms with van der Waals surface area (Å²) in [7, 11) is 0. The first-order valence-corrected chi connectivity index (χ1v) is 9.08. The second kappa shape index (κ2) is 6.81. The van der Waals surface area contributed by atoms with E-state index in [1.807, 2.05) is 30.3 Å². The van der Waals surface area contributed by atoms with Crippen LogP contribution in [0.25, 0.3) is 21.9 Å². The molecule has 0 unspecified atom stereocenters. The Morgan fingerprint density at radius 2 is 1.78 bits per heavy atom. The van der Waals surface area contributed by atoms with Gasteiger partial charge in [0.05, 0.1) is 5.52 Å². The molecule has 2 aromatic heterocycles. The molecule has 0 saturated heterocycles. The molecule has 27 heavy (non-hydrogen) atoms. The first-order valence-electron chi connectivity index (χ1n) is 8.27. The molecule has 0 saturated carbocycles. The van der Waals surface area contributed by atoms with Crippen molar-refractivity contribution in [1.29, 1.82) is 0 Å². The number of pyridine rings is 1. The monoisotopic (exact) mass is 377 g/mol. The van der Waals surface area contributed by atoms with Gasteiger partial charge in [-0.05, 0) is 24.3 Å². The van der Waals surface area contributed by atoms with Crippen molar-refractivity contribution in [2.75, 3.05) is 0 Å². The first-order chi connectivity index (χ1) is 13.1. The van der Waals surface area contributed by atoms with Gasteiger partial charge in [-0.25, -0.2) is 4.79 Å². The van der Waals surface area contributed by atoms with E-state index in [1.54, 1.807) is 30.3 Å². The van der Waals surface area contributed by atoms with Gasteiger partial charge < -0.3 is 14.1 Å². The minimum atomic E-state index is -0.681. The number of aromatic nitrogens is 1. The van der Waals surface area contributed by atoms with Gasteiger partial charge in [-0.3, -0.25) is 4.79 Å². The number of para-hydroxylation sites is 1. The van der Waals surface area contributed by atoms with Crippen LogP contribution in [0.2, 0.25) is 0 Å². The van der Waals surface area contributed by atoms with E-state index < -0.39 is 11.2 Å². The fourth-order valence-corrected chi connectivity index (χ4v) is 3.90. The molecule has 0 atom stereocenters. The first kappa shape index (κ1) is 17.2. The number of fused-ring (bicyclic) bond motifs is 3. The number of nitrogens with zero attached hydrogens (tertiary/aromatic N) is 1. The Bertz CT molecular complexity index is 1290. The lowest BCUT2D eigenvalue weighted by Crippen LogP contribution is -2.21. The zero-order valence-electron chi connectivity index (χ0n) is 14.2. The van der Waals surface area contributed by atoms with E-state index in [-0.39, 0.29) is 28.2 Å². The predicted octanol–water partition coefficient (Wildman–Crippen LogP) is 4.15. The van der Waals surface area contributed by atoms with Gasteiger partial charge in [-0.2, -0.15) is 0 Å². The third-order valence-electron chi connectivity index (χ3n) is 4.23. The minimum Gasteiger partial charge on any atom is -0.505 e. The summed E-state index contributed by atoms with van der Waals surface area (Å²) in [6.07, 6.45) is 1.61. The Kier molecular flexibility index (Phi) is 4.33. The molecular formula is C21H15NO4S. The van der Waals surface area contributed by atoms with Gasteiger partial charge in [0, 0.05) is 16.8 Å². The van der Waals surface area contributed by atoms with Crippen molar-refractivity contribution >= 4 is 33.6 Å². The molecule has 5 nitrogen and oxygen atoms in total. The van der Waals surface area contributed by atoms with E-state index in [0.717, 1.165) is 16.7 Å². The van der Waals surface area contributed by atoms with E-state index >= 15 is 0 Å². The highest BCUT2D eigenvalue weighted by Crippen LogP contribution is 2.36. The van der Waals surface area contributed by atoms with E-state index in [2.05, 4.69) is 6.58 Å². The molecule has 0 fully saturated rings. The lowest BCUT2D eigenvalue weighted by atomic mass is 10.1. The number of aromatic hydroxyl groups is 1. The molecule has 134 valence electrons. The normalized spacial score (nSPS) is 11.1. The van der Waals surface area contributed by atoms with E-state index in [1.165, 1.54) is 4.57 Å². The Hall–Kier alpha value is -3.25. The maximum atomic E-state index is 13.1. The molecule has 0 radical (unpaired) electrons. The lowest BCUT2D eigenvalue weighted by molar-refractivity contribution is 0.446. The van der Waals surface area contributed by atoms with Crippen LogP contribution in [0.15, 0.2) is 91.0 Å². The molecule has 2 heterocycles. The standard InChI is InChI=1S/C21H15NO4S/c1-2-12-22-15-11-7-6-10-14(15)18-16(20(22)24)17(23)19(21(25)26-18)27-13-8-4-3-5-9-13/h2-11,23H,1,12H2. The second-order valence-corrected chi connectivity index (χ2v) is 6.99. The fraction of sp³-hybridized carbons (Fsp3) is 0.0476. The summed E-state index contributed by atoms with van der Waals surface area (Å²) in [6, 6.07) is 16.2. The molecule has 0 aliphatic heterocycles. The molecular weight excluding hydrogens is 362 g/mol. The lowest BCUT2D eigenvalue weighted by Gasteiger charge is -2.12. The summed E-state index contributed by atoms with van der Waals surface area (Å²) < 4.78 is 7.00. The maximum Gasteiger partial charge on any atom is 0.354 e. The largest absolute Gasteiger partial charge is 0.505 e. The summed E-state index contributed by atoms with van der Waals surface area (Å²) >= 11 is 1.06. The van der Waals surface area contributed by atoms with Gasteiger partial charge >= 0.3 is 5.63 Å². The molecule has 2 aromatic carbocycles. The topological polar surface area (TPSA) is 72.4 Å². The van der Waals surface area contributed by atoms with Crippen LogP contribution in [0.3, 0.4) is 0 Å². The third-order valence-corrected chi connectivity index (χ3v) is 5.30. The van der Waals surface area contributed by atoms with Gasteiger partial charge in [0.25, 0.3) is 5.56 Å². The van der Waals surface area contributed by atoms with Crippen molar-refractivity contribution in [2.45, 2.75) is 16.3 Å². The summed E-state index contributed by atoms with van der Waals surface area (Å²) in [6.45, 7) is 3.97. The second-order valence-electron chi connectivity index (χ2n) is 5.91. The molecule has 1 N–H and O–H groups in total. The highest BCUT2D eigenvalue weighted by atomic mass is 32.2. The highest BCUT2D eigenvalue weighted by Gasteiger charge is 2.21. The Morgan fingerprint density at radius 3 is 2.52 bits per heavy atom. The summed E-state index contributed by atoms with van der Waals surface area (Å²) in [5, 5.41) is 11.4. The fourth-order valence-electron chi connectivity index (χ4n) is 3.05. The molecule has 0 aliphatic carbocycles. The average Bonchev–Trinajstić information content (AvgIpc) is 2.69. The van der Waals surface area contributed by atoms with Crippen molar-refractivity contribution in [1.82, 2.24) is 4.57 Å². The molecule has 4 rings (SSSR count). The van der Waals surface area contributed by atoms with Crippen LogP contribution in [-0.4, -0.2) is 9.67 Å². The van der Waals surface area contributed by atoms with E-state index in [4.69, 9.17) is 4.42 Å². The maximum absolute atomic E-state index is 13.1. The molecule has 0 bridgehead atoms. The molecule has 0 spiro atoms. The van der Waals surface area contributed by atoms with Gasteiger partial charge in [0.2, 0.25) is 0 Å². The van der Waals surface area contributed by atoms with Gasteiger partial charge in [0.1, 0.15) is 10.3 Å². The van der Waals surface area contributed by atoms with Crippen LogP contribution in [0.4, 0.5) is 0 Å². The minimum absolute atomic E-state index is 0.00594. The van der Waals surface area contributed by atoms with Crippen LogP contribution < -0.4 is 11.2 Å². The van der Waals surface area contributed by atoms with Gasteiger partial charge in [0.15, 0.2) is 11.3 Å². The van der Waals surface area contributed by atoms with Crippen molar-refractivity contribution in [2.24, 2.45) is 0 Å². The summed E-state index contributed by atoms with van der Waals surface area (Å²) in [4.78, 5) is 26.4. The number of hydrogen-bond acceptors (Lipinski definition) is 5. The van der Waals surface area contributed by atoms with Crippen molar-refractivity contribution in [3.8, 4) is 5.75 Å². The predicted molar refractivity (Wildman–Crippen MR) is 107 cm³/mol. The van der Waals surface area contributed by atoms with Crippen molar-refractivity contribution < 1.29 is 9.52 Å². The summed E-state index contributed by atoms with van der Waals surface area (Å²) in [5.74, 6) is -0.358. The average molecular weight is 377 g/mol. The summed E-state index contributed by atoms with van der Waals surface area (Å²) in [5.41, 5.74) is -0.406. The highest BCUT2D eigenvalue weighted by molar-refractivity contribution is 7.99. The number of rotatable bonds is 4.